The first-order chi connectivity index (χ1) is 17.5. The number of pyridine rings is 1. The highest BCUT2D eigenvalue weighted by atomic mass is 35.5. The van der Waals surface area contributed by atoms with Crippen LogP contribution in [0.3, 0.4) is 0 Å². The molecule has 3 aromatic heterocycles. The van der Waals surface area contributed by atoms with E-state index in [2.05, 4.69) is 26.8 Å². The third-order valence-electron chi connectivity index (χ3n) is 5.91. The fraction of sp³-hybridized carbons (Fsp3) is 0.192. The molecule has 1 aliphatic rings. The van der Waals surface area contributed by atoms with E-state index in [0.717, 1.165) is 6.42 Å². The Kier molecular flexibility index (Phi) is 6.27. The average molecular weight is 501 g/mol. The number of amides is 1. The Bertz CT molecular complexity index is 1540. The van der Waals surface area contributed by atoms with Crippen molar-refractivity contribution in [2.45, 2.75) is 25.8 Å². The van der Waals surface area contributed by atoms with Gasteiger partial charge < -0.3 is 15.4 Å². The molecular weight excluding hydrogens is 480 g/mol. The van der Waals surface area contributed by atoms with Crippen molar-refractivity contribution < 1.29 is 14.3 Å². The van der Waals surface area contributed by atoms with E-state index < -0.39 is 5.78 Å². The van der Waals surface area contributed by atoms with E-state index in [1.54, 1.807) is 65.0 Å². The van der Waals surface area contributed by atoms with Crippen LogP contribution in [0.2, 0.25) is 5.02 Å². The zero-order valence-electron chi connectivity index (χ0n) is 19.3. The molecule has 180 valence electrons. The van der Waals surface area contributed by atoms with Gasteiger partial charge in [0.05, 0.1) is 11.1 Å². The molecule has 36 heavy (non-hydrogen) atoms. The lowest BCUT2D eigenvalue weighted by Gasteiger charge is -2.21. The predicted molar refractivity (Wildman–Crippen MR) is 134 cm³/mol. The molecule has 9 nitrogen and oxygen atoms in total. The van der Waals surface area contributed by atoms with Crippen LogP contribution < -0.4 is 10.5 Å². The van der Waals surface area contributed by atoms with Gasteiger partial charge in [0, 0.05) is 42.8 Å². The number of carbonyl (C=O) groups excluding carboxylic acids is 2. The number of fused-ring (bicyclic) bond motifs is 1. The minimum Gasteiger partial charge on any atom is -0.439 e. The van der Waals surface area contributed by atoms with Crippen LogP contribution in [0.5, 0.6) is 11.6 Å². The molecule has 4 aromatic rings. The highest BCUT2D eigenvalue weighted by molar-refractivity contribution is 6.35. The number of ether oxygens (including phenoxy) is 1. The molecule has 10 heteroatoms. The summed E-state index contributed by atoms with van der Waals surface area (Å²) in [4.78, 5) is 40.9. The second-order valence-electron chi connectivity index (χ2n) is 8.12. The number of hydrogen-bond acceptors (Lipinski definition) is 7. The number of aromatic nitrogens is 4. The molecule has 0 saturated carbocycles. The summed E-state index contributed by atoms with van der Waals surface area (Å²) in [7, 11) is 0. The Hall–Kier alpha value is -4.42. The molecular formula is C26H21ClN6O3. The zero-order chi connectivity index (χ0) is 25.2. The van der Waals surface area contributed by atoms with Crippen molar-refractivity contribution in [3.63, 3.8) is 0 Å². The van der Waals surface area contributed by atoms with Crippen LogP contribution in [0, 0.1) is 11.8 Å². The summed E-state index contributed by atoms with van der Waals surface area (Å²) >= 11 is 6.49. The Morgan fingerprint density at radius 1 is 1.19 bits per heavy atom. The van der Waals surface area contributed by atoms with Gasteiger partial charge in [-0.3, -0.25) is 14.0 Å². The molecule has 1 aromatic carbocycles. The first-order valence-corrected chi connectivity index (χ1v) is 11.6. The van der Waals surface area contributed by atoms with Gasteiger partial charge in [0.2, 0.25) is 11.7 Å². The van der Waals surface area contributed by atoms with E-state index in [0.29, 0.717) is 35.9 Å². The van der Waals surface area contributed by atoms with Crippen LogP contribution >= 0.6 is 11.6 Å². The van der Waals surface area contributed by atoms with Gasteiger partial charge in [0.15, 0.2) is 0 Å². The number of nitrogen functional groups attached to an aromatic ring is 1. The number of ketones is 1. The van der Waals surface area contributed by atoms with Crippen molar-refractivity contribution in [2.75, 3.05) is 12.3 Å². The molecule has 5 rings (SSSR count). The predicted octanol–water partition coefficient (Wildman–Crippen LogP) is 4.07. The standard InChI is InChI=1S/C26H21ClN6O3/c1-2-6-21(34)32-13-5-7-19(32)26-31-22(23-25(28)30-12-14-33(23)26)24(35)17-10-9-16(15-18(17)27)36-20-8-3-4-11-29-20/h3-4,8-12,14-15,19H,5,7,13H2,1H3,(H2,28,30)/t19-/m0/s1. The zero-order valence-corrected chi connectivity index (χ0v) is 20.1. The lowest BCUT2D eigenvalue weighted by Crippen LogP contribution is -2.30. The average Bonchev–Trinajstić information content (AvgIpc) is 3.50. The van der Waals surface area contributed by atoms with E-state index >= 15 is 0 Å². The van der Waals surface area contributed by atoms with Crippen LogP contribution in [-0.4, -0.2) is 42.5 Å². The van der Waals surface area contributed by atoms with Crippen LogP contribution in [0.4, 0.5) is 5.82 Å². The lowest BCUT2D eigenvalue weighted by molar-refractivity contribution is -0.126. The van der Waals surface area contributed by atoms with E-state index in [1.165, 1.54) is 6.20 Å². The van der Waals surface area contributed by atoms with Crippen LogP contribution in [0.25, 0.3) is 5.52 Å². The van der Waals surface area contributed by atoms with Crippen LogP contribution in [0.15, 0.2) is 55.0 Å². The summed E-state index contributed by atoms with van der Waals surface area (Å²) in [6, 6.07) is 9.70. The van der Waals surface area contributed by atoms with Gasteiger partial charge in [0.25, 0.3) is 5.91 Å². The fourth-order valence-corrected chi connectivity index (χ4v) is 4.59. The molecule has 1 saturated heterocycles. The van der Waals surface area contributed by atoms with Gasteiger partial charge >= 0.3 is 0 Å². The van der Waals surface area contributed by atoms with Gasteiger partial charge in [-0.2, -0.15) is 0 Å². The number of nitrogens with two attached hydrogens (primary N) is 1. The number of nitrogens with zero attached hydrogens (tertiary/aromatic N) is 5. The smallest absolute Gasteiger partial charge is 0.299 e. The van der Waals surface area contributed by atoms with Crippen molar-refractivity contribution in [3.05, 3.63) is 77.1 Å². The maximum Gasteiger partial charge on any atom is 0.299 e. The third-order valence-corrected chi connectivity index (χ3v) is 6.23. The highest BCUT2D eigenvalue weighted by Gasteiger charge is 2.34. The Morgan fingerprint density at radius 3 is 2.81 bits per heavy atom. The largest absolute Gasteiger partial charge is 0.439 e. The molecule has 1 aliphatic heterocycles. The minimum atomic E-state index is -0.419. The van der Waals surface area contributed by atoms with Crippen LogP contribution in [-0.2, 0) is 4.79 Å². The second-order valence-corrected chi connectivity index (χ2v) is 8.53. The number of likely N-dealkylation sites (tertiary alicyclic amines) is 1. The molecule has 4 heterocycles. The van der Waals surface area contributed by atoms with Crippen molar-refractivity contribution in [1.82, 2.24) is 24.3 Å². The van der Waals surface area contributed by atoms with E-state index in [4.69, 9.17) is 22.1 Å². The van der Waals surface area contributed by atoms with Crippen molar-refractivity contribution in [2.24, 2.45) is 0 Å². The summed E-state index contributed by atoms with van der Waals surface area (Å²) in [6.45, 7) is 2.17. The maximum atomic E-state index is 13.6. The number of imidazole rings is 1. The molecule has 1 amide bonds. The van der Waals surface area contributed by atoms with Crippen molar-refractivity contribution in [1.29, 1.82) is 0 Å². The van der Waals surface area contributed by atoms with Crippen molar-refractivity contribution >= 4 is 34.6 Å². The fourth-order valence-electron chi connectivity index (χ4n) is 4.34. The summed E-state index contributed by atoms with van der Waals surface area (Å²) in [5.41, 5.74) is 6.89. The Morgan fingerprint density at radius 2 is 2.06 bits per heavy atom. The molecule has 1 fully saturated rings. The number of anilines is 1. The Balaban J connectivity index is 1.54. The van der Waals surface area contributed by atoms with E-state index in [1.807, 2.05) is 0 Å². The van der Waals surface area contributed by atoms with Gasteiger partial charge in [-0.15, -0.1) is 0 Å². The molecule has 0 radical (unpaired) electrons. The molecule has 2 N–H and O–H groups in total. The van der Waals surface area contributed by atoms with Gasteiger partial charge in [-0.1, -0.05) is 23.6 Å². The topological polar surface area (TPSA) is 116 Å². The Labute approximate surface area is 211 Å². The number of benzene rings is 1. The summed E-state index contributed by atoms with van der Waals surface area (Å²) in [5.74, 6) is 6.06. The second kappa shape index (κ2) is 9.68. The molecule has 0 bridgehead atoms. The maximum absolute atomic E-state index is 13.6. The van der Waals surface area contributed by atoms with Gasteiger partial charge in [0.1, 0.15) is 28.6 Å². The van der Waals surface area contributed by atoms with Gasteiger partial charge in [-0.25, -0.2) is 15.0 Å². The summed E-state index contributed by atoms with van der Waals surface area (Å²) in [5, 5.41) is 0.189. The molecule has 1 atom stereocenters. The molecule has 0 unspecified atom stereocenters. The lowest BCUT2D eigenvalue weighted by atomic mass is 10.1. The first-order valence-electron chi connectivity index (χ1n) is 11.3. The summed E-state index contributed by atoms with van der Waals surface area (Å²) in [6.07, 6.45) is 6.31. The normalized spacial score (nSPS) is 14.9. The third kappa shape index (κ3) is 4.23. The van der Waals surface area contributed by atoms with Crippen molar-refractivity contribution in [3.8, 4) is 23.5 Å². The highest BCUT2D eigenvalue weighted by Crippen LogP contribution is 2.35. The van der Waals surface area contributed by atoms with E-state index in [9.17, 15) is 9.59 Å². The molecule has 0 spiro atoms. The SMILES string of the molecule is CC#CC(=O)N1CCC[C@H]1c1nc(C(=O)c2ccc(Oc3ccccn3)cc2Cl)c2c(N)nccn12. The first kappa shape index (κ1) is 23.3. The molecule has 0 aliphatic carbocycles. The monoisotopic (exact) mass is 500 g/mol. The van der Waals surface area contributed by atoms with Gasteiger partial charge in [-0.05, 0) is 43.9 Å². The number of halogens is 1. The summed E-state index contributed by atoms with van der Waals surface area (Å²) < 4.78 is 7.43. The van der Waals surface area contributed by atoms with E-state index in [-0.39, 0.29) is 34.0 Å². The number of hydrogen-bond donors (Lipinski definition) is 1. The van der Waals surface area contributed by atoms with Crippen LogP contribution in [0.1, 0.15) is 47.7 Å². The quantitative estimate of drug-likeness (QED) is 0.324. The minimum absolute atomic E-state index is 0.108. The number of rotatable bonds is 5. The number of carbonyl (C=O) groups is 2.